The van der Waals surface area contributed by atoms with Gasteiger partial charge in [0, 0.05) is 30.9 Å². The average molecular weight is 320 g/mol. The number of nitrogens with zero attached hydrogens (tertiary/aromatic N) is 2. The largest absolute Gasteiger partial charge is 0.379 e. The summed E-state index contributed by atoms with van der Waals surface area (Å²) in [6.45, 7) is 5.52. The first-order valence-corrected chi connectivity index (χ1v) is 7.63. The van der Waals surface area contributed by atoms with E-state index in [0.29, 0.717) is 38.4 Å². The predicted octanol–water partition coefficient (Wildman–Crippen LogP) is -0.554. The van der Waals surface area contributed by atoms with Gasteiger partial charge >= 0.3 is 0 Å². The summed E-state index contributed by atoms with van der Waals surface area (Å²) in [5, 5.41) is 9.19. The molecule has 3 heterocycles. The number of likely N-dealkylation sites (tertiary alicyclic amines) is 1. The minimum absolute atomic E-state index is 0.0619. The fourth-order valence-electron chi connectivity index (χ4n) is 2.89. The van der Waals surface area contributed by atoms with Crippen molar-refractivity contribution in [2.45, 2.75) is 26.3 Å². The van der Waals surface area contributed by atoms with Crippen molar-refractivity contribution in [3.8, 4) is 0 Å². The summed E-state index contributed by atoms with van der Waals surface area (Å²) in [6.07, 6.45) is 0.665. The maximum absolute atomic E-state index is 12.4. The number of nitrogens with one attached hydrogen (secondary N) is 2. The van der Waals surface area contributed by atoms with E-state index < -0.39 is 16.8 Å². The molecule has 2 aliphatic rings. The Morgan fingerprint density at radius 2 is 2.22 bits per heavy atom. The normalized spacial score (nSPS) is 22.5. The van der Waals surface area contributed by atoms with Crippen LogP contribution >= 0.6 is 0 Å². The zero-order chi connectivity index (χ0) is 16.6. The molecule has 1 aromatic heterocycles. The Morgan fingerprint density at radius 3 is 2.83 bits per heavy atom. The lowest BCUT2D eigenvalue weighted by atomic mass is 9.87. The first kappa shape index (κ1) is 15.7. The maximum atomic E-state index is 12.4. The molecule has 2 fully saturated rings. The number of carbonyl (C=O) groups excluding carboxylic acids is 2. The summed E-state index contributed by atoms with van der Waals surface area (Å²) < 4.78 is 5.13. The van der Waals surface area contributed by atoms with Gasteiger partial charge in [0.2, 0.25) is 11.3 Å². The van der Waals surface area contributed by atoms with E-state index in [1.807, 2.05) is 6.92 Å². The van der Waals surface area contributed by atoms with Gasteiger partial charge in [-0.1, -0.05) is 0 Å². The molecule has 8 heteroatoms. The monoisotopic (exact) mass is 320 g/mol. The zero-order valence-corrected chi connectivity index (χ0v) is 13.2. The topological polar surface area (TPSA) is 104 Å². The summed E-state index contributed by atoms with van der Waals surface area (Å²) >= 11 is 0. The van der Waals surface area contributed by atoms with Crippen LogP contribution in [0.25, 0.3) is 0 Å². The minimum Gasteiger partial charge on any atom is -0.379 e. The Labute approximate surface area is 133 Å². The van der Waals surface area contributed by atoms with Crippen LogP contribution in [0.15, 0.2) is 10.9 Å². The fraction of sp³-hybridized carbons (Fsp3) is 0.600. The summed E-state index contributed by atoms with van der Waals surface area (Å²) in [5.41, 5.74) is -0.405. The van der Waals surface area contributed by atoms with E-state index in [9.17, 15) is 14.4 Å². The first-order valence-electron chi connectivity index (χ1n) is 7.63. The number of aromatic amines is 1. The highest BCUT2D eigenvalue weighted by atomic mass is 16.5. The second-order valence-corrected chi connectivity index (χ2v) is 6.53. The van der Waals surface area contributed by atoms with Crippen molar-refractivity contribution in [1.29, 1.82) is 0 Å². The van der Waals surface area contributed by atoms with Crippen LogP contribution in [0.4, 0.5) is 0 Å². The molecule has 1 atom stereocenters. The van der Waals surface area contributed by atoms with Crippen molar-refractivity contribution in [3.63, 3.8) is 0 Å². The van der Waals surface area contributed by atoms with Crippen LogP contribution in [0.3, 0.4) is 0 Å². The molecule has 2 aliphatic heterocycles. The standard InChI is InChI=1S/C15H20N4O4/c1-9-5-11(20)12(18-17-9)13(21)16-10-3-4-19(6-10)14(22)15(2)7-23-8-15/h5,10H,3-4,6-8H2,1-2H3,(H,16,21)(H,17,20)/t10-/m1/s1. The van der Waals surface area contributed by atoms with E-state index in [1.54, 1.807) is 11.8 Å². The lowest BCUT2D eigenvalue weighted by Crippen LogP contribution is -2.53. The number of aryl methyl sites for hydroxylation is 1. The Hall–Kier alpha value is -2.22. The first-order chi connectivity index (χ1) is 10.9. The molecule has 124 valence electrons. The van der Waals surface area contributed by atoms with Crippen molar-refractivity contribution in [2.24, 2.45) is 5.41 Å². The molecule has 2 N–H and O–H groups in total. The zero-order valence-electron chi connectivity index (χ0n) is 13.2. The number of rotatable bonds is 3. The van der Waals surface area contributed by atoms with Crippen molar-refractivity contribution < 1.29 is 14.3 Å². The lowest BCUT2D eigenvalue weighted by Gasteiger charge is -2.39. The minimum atomic E-state index is -0.510. The molecule has 23 heavy (non-hydrogen) atoms. The third-order valence-electron chi connectivity index (χ3n) is 4.31. The van der Waals surface area contributed by atoms with Crippen LogP contribution in [-0.4, -0.2) is 59.3 Å². The number of aromatic nitrogens is 2. The van der Waals surface area contributed by atoms with Crippen molar-refractivity contribution >= 4 is 11.8 Å². The molecular formula is C15H20N4O4. The Balaban J connectivity index is 1.60. The highest BCUT2D eigenvalue weighted by molar-refractivity contribution is 5.92. The molecule has 0 radical (unpaired) electrons. The molecular weight excluding hydrogens is 300 g/mol. The molecule has 3 rings (SSSR count). The Morgan fingerprint density at radius 1 is 1.48 bits per heavy atom. The third-order valence-corrected chi connectivity index (χ3v) is 4.31. The van der Waals surface area contributed by atoms with Gasteiger partial charge < -0.3 is 15.0 Å². The number of carbonyl (C=O) groups is 2. The van der Waals surface area contributed by atoms with Gasteiger partial charge in [0.15, 0.2) is 5.69 Å². The van der Waals surface area contributed by atoms with Crippen LogP contribution in [0.2, 0.25) is 0 Å². The lowest BCUT2D eigenvalue weighted by molar-refractivity contribution is -0.167. The SMILES string of the molecule is Cc1cc(=O)c(C(=O)N[C@@H]2CCN(C(=O)C3(C)COC3)C2)n[nH]1. The van der Waals surface area contributed by atoms with Crippen LogP contribution in [0.1, 0.15) is 29.5 Å². The van der Waals surface area contributed by atoms with Crippen molar-refractivity contribution in [2.75, 3.05) is 26.3 Å². The van der Waals surface area contributed by atoms with E-state index in [1.165, 1.54) is 6.07 Å². The fourth-order valence-corrected chi connectivity index (χ4v) is 2.89. The van der Waals surface area contributed by atoms with Gasteiger partial charge in [0.1, 0.15) is 0 Å². The summed E-state index contributed by atoms with van der Waals surface area (Å²) in [5.74, 6) is -0.449. The van der Waals surface area contributed by atoms with Crippen molar-refractivity contribution in [3.05, 3.63) is 27.7 Å². The van der Waals surface area contributed by atoms with Gasteiger partial charge in [0.25, 0.3) is 5.91 Å². The predicted molar refractivity (Wildman–Crippen MR) is 81.0 cm³/mol. The van der Waals surface area contributed by atoms with Crippen molar-refractivity contribution in [1.82, 2.24) is 20.4 Å². The van der Waals surface area contributed by atoms with Gasteiger partial charge in [-0.3, -0.25) is 19.5 Å². The Kier molecular flexibility index (Phi) is 3.93. The molecule has 8 nitrogen and oxygen atoms in total. The van der Waals surface area contributed by atoms with E-state index in [4.69, 9.17) is 4.74 Å². The van der Waals surface area contributed by atoms with Gasteiger partial charge in [-0.15, -0.1) is 0 Å². The number of hydrogen-bond donors (Lipinski definition) is 2. The molecule has 0 aliphatic carbocycles. The average Bonchev–Trinajstić information content (AvgIpc) is 2.92. The van der Waals surface area contributed by atoms with E-state index >= 15 is 0 Å². The molecule has 2 saturated heterocycles. The van der Waals surface area contributed by atoms with E-state index in [0.717, 1.165) is 0 Å². The molecule has 0 aromatic carbocycles. The van der Waals surface area contributed by atoms with E-state index in [2.05, 4.69) is 15.5 Å². The number of ether oxygens (including phenoxy) is 1. The van der Waals surface area contributed by atoms with Crippen LogP contribution in [0.5, 0.6) is 0 Å². The molecule has 2 amide bonds. The molecule has 0 unspecified atom stereocenters. The maximum Gasteiger partial charge on any atom is 0.276 e. The molecule has 0 bridgehead atoms. The highest BCUT2D eigenvalue weighted by Crippen LogP contribution is 2.30. The van der Waals surface area contributed by atoms with E-state index in [-0.39, 0.29) is 17.6 Å². The number of H-pyrrole nitrogens is 1. The third kappa shape index (κ3) is 2.98. The Bertz CT molecular complexity index is 695. The van der Waals surface area contributed by atoms with Gasteiger partial charge in [-0.2, -0.15) is 5.10 Å². The molecule has 0 saturated carbocycles. The number of amides is 2. The molecule has 1 aromatic rings. The number of hydrogen-bond acceptors (Lipinski definition) is 5. The van der Waals surface area contributed by atoms with Gasteiger partial charge in [-0.05, 0) is 20.3 Å². The summed E-state index contributed by atoms with van der Waals surface area (Å²) in [7, 11) is 0. The highest BCUT2D eigenvalue weighted by Gasteiger charge is 2.45. The summed E-state index contributed by atoms with van der Waals surface area (Å²) in [4.78, 5) is 38.1. The van der Waals surface area contributed by atoms with Gasteiger partial charge in [0.05, 0.1) is 18.6 Å². The smallest absolute Gasteiger partial charge is 0.276 e. The summed E-state index contributed by atoms with van der Waals surface area (Å²) in [6, 6.07) is 1.17. The van der Waals surface area contributed by atoms with Crippen LogP contribution in [0, 0.1) is 12.3 Å². The second kappa shape index (κ2) is 5.77. The second-order valence-electron chi connectivity index (χ2n) is 6.53. The van der Waals surface area contributed by atoms with Crippen LogP contribution < -0.4 is 10.7 Å². The van der Waals surface area contributed by atoms with Gasteiger partial charge in [-0.25, -0.2) is 0 Å². The van der Waals surface area contributed by atoms with Crippen LogP contribution in [-0.2, 0) is 9.53 Å². The quantitative estimate of drug-likeness (QED) is 0.777. The molecule has 0 spiro atoms.